The lowest BCUT2D eigenvalue weighted by atomic mass is 9.84. The van der Waals surface area contributed by atoms with Gasteiger partial charge in [-0.05, 0) is 36.3 Å². The van der Waals surface area contributed by atoms with E-state index < -0.39 is 0 Å². The van der Waals surface area contributed by atoms with Gasteiger partial charge in [0.15, 0.2) is 0 Å². The summed E-state index contributed by atoms with van der Waals surface area (Å²) in [5, 5.41) is 13.1. The van der Waals surface area contributed by atoms with E-state index >= 15 is 0 Å². The second-order valence-corrected chi connectivity index (χ2v) is 5.90. The van der Waals surface area contributed by atoms with E-state index in [9.17, 15) is 0 Å². The molecule has 108 valence electrons. The molecular weight excluding hydrogens is 242 g/mol. The number of nitrogens with zero attached hydrogens (tertiary/aromatic N) is 3. The fourth-order valence-corrected chi connectivity index (χ4v) is 2.70. The summed E-state index contributed by atoms with van der Waals surface area (Å²) in [6.45, 7) is 8.61. The molecule has 0 aliphatic carbocycles. The number of hydrogen-bond acceptors (Lipinski definition) is 5. The molecule has 1 aliphatic heterocycles. The summed E-state index contributed by atoms with van der Waals surface area (Å²) in [5.74, 6) is 3.04. The van der Waals surface area contributed by atoms with Crippen LogP contribution < -0.4 is 4.90 Å². The predicted molar refractivity (Wildman–Crippen MR) is 74.2 cm³/mol. The van der Waals surface area contributed by atoms with Crippen molar-refractivity contribution in [1.29, 1.82) is 0 Å². The van der Waals surface area contributed by atoms with E-state index in [2.05, 4.69) is 35.8 Å². The maximum atomic E-state index is 9.01. The molecule has 0 bridgehead atoms. The van der Waals surface area contributed by atoms with Crippen LogP contribution in [0.2, 0.25) is 0 Å². The van der Waals surface area contributed by atoms with Crippen LogP contribution in [0.25, 0.3) is 0 Å². The zero-order valence-corrected chi connectivity index (χ0v) is 12.2. The Labute approximate surface area is 115 Å². The van der Waals surface area contributed by atoms with Crippen molar-refractivity contribution in [3.63, 3.8) is 0 Å². The molecule has 1 aromatic rings. The maximum absolute atomic E-state index is 9.01. The lowest BCUT2D eigenvalue weighted by Gasteiger charge is -2.33. The van der Waals surface area contributed by atoms with Crippen molar-refractivity contribution in [2.75, 3.05) is 24.6 Å². The third-order valence-corrected chi connectivity index (χ3v) is 4.14. The molecule has 2 rings (SSSR count). The van der Waals surface area contributed by atoms with Crippen LogP contribution in [0.15, 0.2) is 4.52 Å². The standard InChI is InChI=1S/C14H25N3O2/c1-10(2)13-15-14(16-19-13)17-7-4-12(5-8-17)11(3)6-9-18/h10-12,18H,4-9H2,1-3H3. The van der Waals surface area contributed by atoms with Crippen LogP contribution in [0.1, 0.15) is 51.8 Å². The number of anilines is 1. The van der Waals surface area contributed by atoms with Gasteiger partial charge in [-0.1, -0.05) is 20.8 Å². The van der Waals surface area contributed by atoms with Crippen LogP contribution >= 0.6 is 0 Å². The van der Waals surface area contributed by atoms with Gasteiger partial charge in [0.05, 0.1) is 0 Å². The smallest absolute Gasteiger partial charge is 0.266 e. The summed E-state index contributed by atoms with van der Waals surface area (Å²) in [4.78, 5) is 6.65. The Bertz CT molecular complexity index is 384. The molecule has 1 fully saturated rings. The van der Waals surface area contributed by atoms with Crippen LogP contribution in [0.3, 0.4) is 0 Å². The molecule has 1 unspecified atom stereocenters. The summed E-state index contributed by atoms with van der Waals surface area (Å²) >= 11 is 0. The van der Waals surface area contributed by atoms with Gasteiger partial charge in [0.1, 0.15) is 0 Å². The maximum Gasteiger partial charge on any atom is 0.266 e. The molecule has 0 radical (unpaired) electrons. The SMILES string of the molecule is CC(C)c1nc(N2CCC(C(C)CCO)CC2)no1. The largest absolute Gasteiger partial charge is 0.396 e. The quantitative estimate of drug-likeness (QED) is 0.887. The van der Waals surface area contributed by atoms with Crippen molar-refractivity contribution in [2.45, 2.75) is 46.0 Å². The Morgan fingerprint density at radius 3 is 2.53 bits per heavy atom. The van der Waals surface area contributed by atoms with Crippen molar-refractivity contribution < 1.29 is 9.63 Å². The van der Waals surface area contributed by atoms with Gasteiger partial charge in [0.2, 0.25) is 5.89 Å². The number of aliphatic hydroxyl groups is 1. The van der Waals surface area contributed by atoms with Crippen molar-refractivity contribution >= 4 is 5.95 Å². The first-order chi connectivity index (χ1) is 9.11. The van der Waals surface area contributed by atoms with Gasteiger partial charge in [-0.3, -0.25) is 0 Å². The molecule has 1 saturated heterocycles. The minimum atomic E-state index is 0.281. The van der Waals surface area contributed by atoms with Crippen LogP contribution in [-0.2, 0) is 0 Å². The lowest BCUT2D eigenvalue weighted by molar-refractivity contribution is 0.210. The minimum Gasteiger partial charge on any atom is -0.396 e. The van der Waals surface area contributed by atoms with Gasteiger partial charge >= 0.3 is 0 Å². The summed E-state index contributed by atoms with van der Waals surface area (Å²) in [7, 11) is 0. The summed E-state index contributed by atoms with van der Waals surface area (Å²) in [6, 6.07) is 0. The summed E-state index contributed by atoms with van der Waals surface area (Å²) in [5.41, 5.74) is 0. The highest BCUT2D eigenvalue weighted by atomic mass is 16.5. The molecule has 1 aromatic heterocycles. The fraction of sp³-hybridized carbons (Fsp3) is 0.857. The van der Waals surface area contributed by atoms with E-state index in [-0.39, 0.29) is 5.92 Å². The van der Waals surface area contributed by atoms with E-state index in [1.165, 1.54) is 0 Å². The molecule has 1 aliphatic rings. The zero-order chi connectivity index (χ0) is 13.8. The number of rotatable bonds is 5. The van der Waals surface area contributed by atoms with Gasteiger partial charge in [0, 0.05) is 25.6 Å². The van der Waals surface area contributed by atoms with E-state index in [4.69, 9.17) is 9.63 Å². The Hall–Kier alpha value is -1.10. The van der Waals surface area contributed by atoms with E-state index in [1.54, 1.807) is 0 Å². The highest BCUT2D eigenvalue weighted by Crippen LogP contribution is 2.28. The van der Waals surface area contributed by atoms with Crippen LogP contribution in [0.5, 0.6) is 0 Å². The van der Waals surface area contributed by atoms with Gasteiger partial charge in [-0.15, -0.1) is 0 Å². The van der Waals surface area contributed by atoms with Gasteiger partial charge < -0.3 is 14.5 Å². The molecule has 5 heteroatoms. The van der Waals surface area contributed by atoms with E-state index in [0.29, 0.717) is 24.3 Å². The zero-order valence-electron chi connectivity index (χ0n) is 12.2. The summed E-state index contributed by atoms with van der Waals surface area (Å²) in [6.07, 6.45) is 3.20. The van der Waals surface area contributed by atoms with Crippen molar-refractivity contribution in [3.8, 4) is 0 Å². The van der Waals surface area contributed by atoms with Crippen LogP contribution in [0, 0.1) is 11.8 Å². The second-order valence-electron chi connectivity index (χ2n) is 5.90. The number of aliphatic hydroxyl groups excluding tert-OH is 1. The number of aromatic nitrogens is 2. The normalized spacial score (nSPS) is 19.1. The molecule has 5 nitrogen and oxygen atoms in total. The average molecular weight is 267 g/mol. The molecule has 1 N–H and O–H groups in total. The molecule has 2 heterocycles. The van der Waals surface area contributed by atoms with E-state index in [1.807, 2.05) is 0 Å². The Morgan fingerprint density at radius 2 is 2.00 bits per heavy atom. The van der Waals surface area contributed by atoms with Gasteiger partial charge in [-0.2, -0.15) is 4.98 Å². The predicted octanol–water partition coefficient (Wildman–Crippen LogP) is 2.43. The van der Waals surface area contributed by atoms with Crippen LogP contribution in [0.4, 0.5) is 5.95 Å². The third kappa shape index (κ3) is 3.47. The average Bonchev–Trinajstić information content (AvgIpc) is 2.89. The number of piperidine rings is 1. The lowest BCUT2D eigenvalue weighted by Crippen LogP contribution is -2.36. The monoisotopic (exact) mass is 267 g/mol. The first-order valence-electron chi connectivity index (χ1n) is 7.31. The van der Waals surface area contributed by atoms with E-state index in [0.717, 1.165) is 38.3 Å². The highest BCUT2D eigenvalue weighted by Gasteiger charge is 2.26. The molecule has 0 saturated carbocycles. The number of hydrogen-bond donors (Lipinski definition) is 1. The fourth-order valence-electron chi connectivity index (χ4n) is 2.70. The van der Waals surface area contributed by atoms with Crippen molar-refractivity contribution in [3.05, 3.63) is 5.89 Å². The minimum absolute atomic E-state index is 0.281. The highest BCUT2D eigenvalue weighted by molar-refractivity contribution is 5.28. The Kier molecular flexibility index (Phi) is 4.80. The topological polar surface area (TPSA) is 62.4 Å². The first kappa shape index (κ1) is 14.3. The van der Waals surface area contributed by atoms with Gasteiger partial charge in [-0.25, -0.2) is 0 Å². The third-order valence-electron chi connectivity index (χ3n) is 4.14. The molecule has 0 amide bonds. The molecule has 1 atom stereocenters. The van der Waals surface area contributed by atoms with Gasteiger partial charge in [0.25, 0.3) is 5.95 Å². The Morgan fingerprint density at radius 1 is 1.32 bits per heavy atom. The molecule has 19 heavy (non-hydrogen) atoms. The second kappa shape index (κ2) is 6.37. The Balaban J connectivity index is 1.88. The van der Waals surface area contributed by atoms with Crippen molar-refractivity contribution in [2.24, 2.45) is 11.8 Å². The molecule has 0 aromatic carbocycles. The first-order valence-corrected chi connectivity index (χ1v) is 7.31. The van der Waals surface area contributed by atoms with Crippen molar-refractivity contribution in [1.82, 2.24) is 10.1 Å². The molecular formula is C14H25N3O2. The van der Waals surface area contributed by atoms with Crippen LogP contribution in [-0.4, -0.2) is 34.9 Å². The summed E-state index contributed by atoms with van der Waals surface area (Å²) < 4.78 is 5.26. The molecule has 0 spiro atoms.